The van der Waals surface area contributed by atoms with Crippen LogP contribution in [-0.4, -0.2) is 70.3 Å². The van der Waals surface area contributed by atoms with E-state index in [0.29, 0.717) is 24.6 Å². The molecule has 19 heavy (non-hydrogen) atoms. The van der Waals surface area contributed by atoms with E-state index in [4.69, 9.17) is 4.74 Å². The third-order valence-electron chi connectivity index (χ3n) is 4.52. The number of ether oxygens (including phenoxy) is 1. The van der Waals surface area contributed by atoms with Crippen molar-refractivity contribution in [3.63, 3.8) is 0 Å². The van der Waals surface area contributed by atoms with E-state index in [1.165, 1.54) is 12.8 Å². The minimum absolute atomic E-state index is 0.198. The number of nitrogens with zero attached hydrogens (tertiary/aromatic N) is 1. The van der Waals surface area contributed by atoms with Crippen LogP contribution in [0.2, 0.25) is 0 Å². The standard InChI is InChI=1S/C13H24N2O3S/c16-19(17)7-4-15(5-8-19)10-13(3-6-18-11-13)9-14-12-1-2-12/h12,14H,1-11H2. The Morgan fingerprint density at radius 1 is 1.26 bits per heavy atom. The van der Waals surface area contributed by atoms with Crippen molar-refractivity contribution in [3.05, 3.63) is 0 Å². The van der Waals surface area contributed by atoms with Crippen molar-refractivity contribution in [1.82, 2.24) is 10.2 Å². The van der Waals surface area contributed by atoms with Crippen molar-refractivity contribution in [2.75, 3.05) is 50.9 Å². The molecule has 110 valence electrons. The average Bonchev–Trinajstić information content (AvgIpc) is 3.10. The molecule has 1 atom stereocenters. The van der Waals surface area contributed by atoms with E-state index in [0.717, 1.165) is 38.8 Å². The second-order valence-corrected chi connectivity index (χ2v) is 8.69. The normalized spacial score (nSPS) is 35.6. The Bertz CT molecular complexity index is 400. The van der Waals surface area contributed by atoms with E-state index in [1.807, 2.05) is 0 Å². The molecule has 3 fully saturated rings. The average molecular weight is 288 g/mol. The van der Waals surface area contributed by atoms with Crippen LogP contribution in [0.15, 0.2) is 0 Å². The molecule has 5 nitrogen and oxygen atoms in total. The number of hydrogen-bond acceptors (Lipinski definition) is 5. The molecule has 0 aromatic heterocycles. The molecule has 0 radical (unpaired) electrons. The van der Waals surface area contributed by atoms with E-state index in [1.54, 1.807) is 0 Å². The third kappa shape index (κ3) is 3.68. The van der Waals surface area contributed by atoms with Gasteiger partial charge in [-0.1, -0.05) is 0 Å². The van der Waals surface area contributed by atoms with Crippen LogP contribution in [0, 0.1) is 5.41 Å². The lowest BCUT2D eigenvalue weighted by atomic mass is 9.86. The van der Waals surface area contributed by atoms with Gasteiger partial charge in [-0.15, -0.1) is 0 Å². The summed E-state index contributed by atoms with van der Waals surface area (Å²) in [6, 6.07) is 0.721. The highest BCUT2D eigenvalue weighted by Gasteiger charge is 2.39. The fourth-order valence-electron chi connectivity index (χ4n) is 3.00. The van der Waals surface area contributed by atoms with Crippen LogP contribution in [0.5, 0.6) is 0 Å². The molecule has 0 bridgehead atoms. The fourth-order valence-corrected chi connectivity index (χ4v) is 4.28. The quantitative estimate of drug-likeness (QED) is 0.764. The first-order valence-electron chi connectivity index (χ1n) is 7.31. The van der Waals surface area contributed by atoms with Gasteiger partial charge in [0.25, 0.3) is 0 Å². The molecular weight excluding hydrogens is 264 g/mol. The Morgan fingerprint density at radius 3 is 2.58 bits per heavy atom. The van der Waals surface area contributed by atoms with Gasteiger partial charge >= 0.3 is 0 Å². The molecule has 0 aromatic carbocycles. The van der Waals surface area contributed by atoms with E-state index < -0.39 is 9.84 Å². The molecule has 3 aliphatic rings. The molecule has 6 heteroatoms. The largest absolute Gasteiger partial charge is 0.381 e. The lowest BCUT2D eigenvalue weighted by Crippen LogP contribution is -2.49. The van der Waals surface area contributed by atoms with Crippen molar-refractivity contribution in [2.24, 2.45) is 5.41 Å². The zero-order chi connectivity index (χ0) is 13.3. The van der Waals surface area contributed by atoms with Crippen molar-refractivity contribution >= 4 is 9.84 Å². The topological polar surface area (TPSA) is 58.6 Å². The predicted octanol–water partition coefficient (Wildman–Crippen LogP) is -0.124. The summed E-state index contributed by atoms with van der Waals surface area (Å²) in [5, 5.41) is 3.62. The minimum atomic E-state index is -2.77. The third-order valence-corrected chi connectivity index (χ3v) is 6.13. The fraction of sp³-hybridized carbons (Fsp3) is 1.00. The van der Waals surface area contributed by atoms with E-state index in [-0.39, 0.29) is 5.41 Å². The van der Waals surface area contributed by atoms with Crippen LogP contribution in [0.4, 0.5) is 0 Å². The highest BCUT2D eigenvalue weighted by atomic mass is 32.2. The van der Waals surface area contributed by atoms with Gasteiger partial charge in [0.15, 0.2) is 9.84 Å². The summed E-state index contributed by atoms with van der Waals surface area (Å²) in [6.07, 6.45) is 3.70. The van der Waals surface area contributed by atoms with Crippen LogP contribution in [0.1, 0.15) is 19.3 Å². The lowest BCUT2D eigenvalue weighted by molar-refractivity contribution is 0.111. The summed E-state index contributed by atoms with van der Waals surface area (Å²) in [4.78, 5) is 2.31. The zero-order valence-electron chi connectivity index (χ0n) is 11.4. The molecule has 2 heterocycles. The maximum absolute atomic E-state index is 11.5. The second-order valence-electron chi connectivity index (χ2n) is 6.39. The van der Waals surface area contributed by atoms with Gasteiger partial charge in [0.2, 0.25) is 0 Å². The highest BCUT2D eigenvalue weighted by Crippen LogP contribution is 2.31. The first-order valence-corrected chi connectivity index (χ1v) is 9.13. The molecular formula is C13H24N2O3S. The van der Waals surface area contributed by atoms with Crippen molar-refractivity contribution < 1.29 is 13.2 Å². The summed E-state index contributed by atoms with van der Waals surface area (Å²) < 4.78 is 28.6. The summed E-state index contributed by atoms with van der Waals surface area (Å²) in [7, 11) is -2.77. The van der Waals surface area contributed by atoms with E-state index in [2.05, 4.69) is 10.2 Å². The van der Waals surface area contributed by atoms with Gasteiger partial charge in [-0.2, -0.15) is 0 Å². The van der Waals surface area contributed by atoms with Crippen LogP contribution in [0.25, 0.3) is 0 Å². The number of hydrogen-bond donors (Lipinski definition) is 1. The van der Waals surface area contributed by atoms with Crippen LogP contribution >= 0.6 is 0 Å². The summed E-state index contributed by atoms with van der Waals surface area (Å²) in [5.41, 5.74) is 0.198. The zero-order valence-corrected chi connectivity index (χ0v) is 12.3. The van der Waals surface area contributed by atoms with E-state index in [9.17, 15) is 8.42 Å². The molecule has 1 N–H and O–H groups in total. The first-order chi connectivity index (χ1) is 9.07. The van der Waals surface area contributed by atoms with Crippen LogP contribution in [-0.2, 0) is 14.6 Å². The molecule has 1 saturated carbocycles. The maximum Gasteiger partial charge on any atom is 0.152 e. The molecule has 3 rings (SSSR count). The molecule has 1 aliphatic carbocycles. The van der Waals surface area contributed by atoms with Gasteiger partial charge in [0, 0.05) is 44.2 Å². The highest BCUT2D eigenvalue weighted by molar-refractivity contribution is 7.91. The van der Waals surface area contributed by atoms with Crippen molar-refractivity contribution in [1.29, 1.82) is 0 Å². The summed E-state index contributed by atoms with van der Waals surface area (Å²) >= 11 is 0. The van der Waals surface area contributed by atoms with Gasteiger partial charge < -0.3 is 15.0 Å². The van der Waals surface area contributed by atoms with Gasteiger partial charge in [-0.25, -0.2) is 8.42 Å². The van der Waals surface area contributed by atoms with Crippen molar-refractivity contribution in [3.8, 4) is 0 Å². The number of rotatable bonds is 5. The monoisotopic (exact) mass is 288 g/mol. The predicted molar refractivity (Wildman–Crippen MR) is 74.0 cm³/mol. The number of nitrogens with one attached hydrogen (secondary N) is 1. The summed E-state index contributed by atoms with van der Waals surface area (Å²) in [5.74, 6) is 0.639. The second kappa shape index (κ2) is 5.31. The Kier molecular flexibility index (Phi) is 3.86. The molecule has 0 spiro atoms. The molecule has 2 saturated heterocycles. The van der Waals surface area contributed by atoms with Gasteiger partial charge in [-0.05, 0) is 19.3 Å². The molecule has 1 unspecified atom stereocenters. The SMILES string of the molecule is O=S1(=O)CCN(CC2(CNC3CC3)CCOC2)CC1. The van der Waals surface area contributed by atoms with Gasteiger partial charge in [0.05, 0.1) is 18.1 Å². The van der Waals surface area contributed by atoms with Gasteiger partial charge in [-0.3, -0.25) is 0 Å². The van der Waals surface area contributed by atoms with Crippen LogP contribution < -0.4 is 5.32 Å². The maximum atomic E-state index is 11.5. The Morgan fingerprint density at radius 2 is 2.00 bits per heavy atom. The summed E-state index contributed by atoms with van der Waals surface area (Å²) in [6.45, 7) is 5.03. The van der Waals surface area contributed by atoms with Crippen LogP contribution in [0.3, 0.4) is 0 Å². The Balaban J connectivity index is 1.55. The Hall–Kier alpha value is -0.170. The minimum Gasteiger partial charge on any atom is -0.381 e. The van der Waals surface area contributed by atoms with Gasteiger partial charge in [0.1, 0.15) is 0 Å². The first kappa shape index (κ1) is 13.8. The smallest absolute Gasteiger partial charge is 0.152 e. The molecule has 0 amide bonds. The lowest BCUT2D eigenvalue weighted by Gasteiger charge is -2.36. The molecule has 0 aromatic rings. The van der Waals surface area contributed by atoms with E-state index >= 15 is 0 Å². The Labute approximate surface area is 115 Å². The van der Waals surface area contributed by atoms with Crippen molar-refractivity contribution in [2.45, 2.75) is 25.3 Å². The number of sulfone groups is 1. The molecule has 2 aliphatic heterocycles.